The fourth-order valence-corrected chi connectivity index (χ4v) is 3.08. The van der Waals surface area contributed by atoms with Crippen LogP contribution < -0.4 is 38.1 Å². The van der Waals surface area contributed by atoms with Crippen LogP contribution in [0.1, 0.15) is 32.8 Å². The molecule has 0 radical (unpaired) electrons. The van der Waals surface area contributed by atoms with Gasteiger partial charge in [-0.25, -0.2) is 14.4 Å². The molecule has 31 heavy (non-hydrogen) atoms. The minimum atomic E-state index is -0.653. The van der Waals surface area contributed by atoms with Crippen LogP contribution in [-0.2, 0) is 6.42 Å². The van der Waals surface area contributed by atoms with Gasteiger partial charge in [-0.1, -0.05) is 44.2 Å². The highest BCUT2D eigenvalue weighted by Gasteiger charge is 2.17. The van der Waals surface area contributed by atoms with Crippen molar-refractivity contribution in [2.24, 2.45) is 17.4 Å². The molecule has 3 atom stereocenters. The maximum absolute atomic E-state index is 12.3. The minimum absolute atomic E-state index is 0.108. The fraction of sp³-hybridized carbons (Fsp3) is 0.571. The quantitative estimate of drug-likeness (QED) is 0.256. The number of carbonyl (C=O) groups is 3. The van der Waals surface area contributed by atoms with Crippen LogP contribution in [0.3, 0.4) is 0 Å². The number of nitrogens with one attached hydrogen (secondary N) is 5. The number of hydrogen-bond donors (Lipinski definition) is 7. The number of amides is 6. The van der Waals surface area contributed by atoms with Gasteiger partial charge in [0.2, 0.25) is 0 Å². The van der Waals surface area contributed by atoms with Crippen LogP contribution in [0.25, 0.3) is 0 Å². The fourth-order valence-electron chi connectivity index (χ4n) is 3.08. The second-order valence-electron chi connectivity index (χ2n) is 8.07. The Kier molecular flexibility index (Phi) is 11.8. The SMILES string of the molecule is CC(C)C[C@@H](CN)NC(=O)NCC(Cc1ccccc1)NC(=O)NC[C@H](C)NC(N)=O. The van der Waals surface area contributed by atoms with Crippen LogP contribution in [-0.4, -0.2) is 55.9 Å². The molecule has 1 rings (SSSR count). The Morgan fingerprint density at radius 3 is 2.00 bits per heavy atom. The third-order valence-corrected chi connectivity index (χ3v) is 4.50. The molecule has 0 bridgehead atoms. The summed E-state index contributed by atoms with van der Waals surface area (Å²) in [5.41, 5.74) is 11.8. The second-order valence-corrected chi connectivity index (χ2v) is 8.07. The van der Waals surface area contributed by atoms with Gasteiger partial charge < -0.3 is 38.1 Å². The van der Waals surface area contributed by atoms with Crippen molar-refractivity contribution in [3.05, 3.63) is 35.9 Å². The Hall–Kier alpha value is -3.01. The Bertz CT molecular complexity index is 685. The van der Waals surface area contributed by atoms with E-state index in [1.807, 2.05) is 30.3 Å². The molecule has 6 amide bonds. The molecule has 0 heterocycles. The van der Waals surface area contributed by atoms with Crippen LogP contribution in [0.5, 0.6) is 0 Å². The van der Waals surface area contributed by atoms with E-state index in [-0.39, 0.29) is 37.2 Å². The molecule has 0 saturated heterocycles. The average molecular weight is 436 g/mol. The van der Waals surface area contributed by atoms with Crippen molar-refractivity contribution in [1.82, 2.24) is 26.6 Å². The van der Waals surface area contributed by atoms with E-state index in [0.717, 1.165) is 12.0 Å². The van der Waals surface area contributed by atoms with Gasteiger partial charge in [-0.3, -0.25) is 0 Å². The summed E-state index contributed by atoms with van der Waals surface area (Å²) in [4.78, 5) is 35.5. The van der Waals surface area contributed by atoms with Crippen molar-refractivity contribution in [1.29, 1.82) is 0 Å². The molecule has 1 aromatic carbocycles. The summed E-state index contributed by atoms with van der Waals surface area (Å²) in [6.45, 7) is 6.68. The van der Waals surface area contributed by atoms with Gasteiger partial charge in [-0.15, -0.1) is 0 Å². The van der Waals surface area contributed by atoms with Gasteiger partial charge in [0.25, 0.3) is 0 Å². The van der Waals surface area contributed by atoms with E-state index < -0.39 is 12.1 Å². The number of hydrogen-bond acceptors (Lipinski definition) is 4. The molecule has 10 nitrogen and oxygen atoms in total. The molecular weight excluding hydrogens is 398 g/mol. The molecule has 1 unspecified atom stereocenters. The van der Waals surface area contributed by atoms with E-state index in [4.69, 9.17) is 11.5 Å². The summed E-state index contributed by atoms with van der Waals surface area (Å²) in [5.74, 6) is 0.413. The van der Waals surface area contributed by atoms with Gasteiger partial charge in [-0.05, 0) is 31.2 Å². The summed E-state index contributed by atoms with van der Waals surface area (Å²) in [6, 6.07) is 7.53. The number of benzene rings is 1. The molecule has 0 aromatic heterocycles. The largest absolute Gasteiger partial charge is 0.352 e. The zero-order valence-electron chi connectivity index (χ0n) is 18.6. The molecule has 10 heteroatoms. The number of carbonyl (C=O) groups excluding carboxylic acids is 3. The molecule has 9 N–H and O–H groups in total. The van der Waals surface area contributed by atoms with E-state index in [1.54, 1.807) is 6.92 Å². The van der Waals surface area contributed by atoms with Gasteiger partial charge in [0.1, 0.15) is 0 Å². The van der Waals surface area contributed by atoms with Crippen LogP contribution >= 0.6 is 0 Å². The predicted octanol–water partition coefficient (Wildman–Crippen LogP) is 0.626. The smallest absolute Gasteiger partial charge is 0.315 e. The van der Waals surface area contributed by atoms with Crippen molar-refractivity contribution >= 4 is 18.1 Å². The zero-order chi connectivity index (χ0) is 23.2. The van der Waals surface area contributed by atoms with E-state index in [0.29, 0.717) is 18.9 Å². The Morgan fingerprint density at radius 1 is 0.871 bits per heavy atom. The molecule has 0 saturated carbocycles. The lowest BCUT2D eigenvalue weighted by Crippen LogP contribution is -2.53. The van der Waals surface area contributed by atoms with Crippen molar-refractivity contribution in [2.75, 3.05) is 19.6 Å². The predicted molar refractivity (Wildman–Crippen MR) is 121 cm³/mol. The Labute approximate surface area is 184 Å². The Balaban J connectivity index is 2.62. The monoisotopic (exact) mass is 435 g/mol. The number of nitrogens with two attached hydrogens (primary N) is 2. The molecule has 174 valence electrons. The summed E-state index contributed by atoms with van der Waals surface area (Å²) in [7, 11) is 0. The van der Waals surface area contributed by atoms with Gasteiger partial charge in [0, 0.05) is 31.7 Å². The lowest BCUT2D eigenvalue weighted by molar-refractivity contribution is 0.228. The van der Waals surface area contributed by atoms with Gasteiger partial charge in [0.15, 0.2) is 0 Å². The van der Waals surface area contributed by atoms with Crippen molar-refractivity contribution in [3.63, 3.8) is 0 Å². The molecule has 1 aromatic rings. The first kappa shape index (κ1) is 26.0. The summed E-state index contributed by atoms with van der Waals surface area (Å²) in [5, 5.41) is 13.7. The van der Waals surface area contributed by atoms with Crippen molar-refractivity contribution in [3.8, 4) is 0 Å². The van der Waals surface area contributed by atoms with Crippen LogP contribution in [0.4, 0.5) is 14.4 Å². The summed E-state index contributed by atoms with van der Waals surface area (Å²) < 4.78 is 0. The minimum Gasteiger partial charge on any atom is -0.352 e. The van der Waals surface area contributed by atoms with E-state index in [2.05, 4.69) is 40.4 Å². The van der Waals surface area contributed by atoms with Gasteiger partial charge >= 0.3 is 18.1 Å². The maximum Gasteiger partial charge on any atom is 0.315 e. The molecule has 0 aliphatic carbocycles. The van der Waals surface area contributed by atoms with E-state index in [9.17, 15) is 14.4 Å². The molecule has 0 aliphatic rings. The lowest BCUT2D eigenvalue weighted by atomic mass is 10.0. The summed E-state index contributed by atoms with van der Waals surface area (Å²) >= 11 is 0. The number of urea groups is 3. The Morgan fingerprint density at radius 2 is 1.45 bits per heavy atom. The highest BCUT2D eigenvalue weighted by molar-refractivity contribution is 5.76. The lowest BCUT2D eigenvalue weighted by Gasteiger charge is -2.23. The zero-order valence-corrected chi connectivity index (χ0v) is 18.6. The second kappa shape index (κ2) is 14.1. The number of rotatable bonds is 12. The maximum atomic E-state index is 12.3. The topological polar surface area (TPSA) is 163 Å². The van der Waals surface area contributed by atoms with Crippen LogP contribution in [0.15, 0.2) is 30.3 Å². The third-order valence-electron chi connectivity index (χ3n) is 4.50. The van der Waals surface area contributed by atoms with Gasteiger partial charge in [0.05, 0.1) is 6.04 Å². The highest BCUT2D eigenvalue weighted by atomic mass is 16.2. The average Bonchev–Trinajstić information content (AvgIpc) is 2.70. The standard InChI is InChI=1S/C21H37N7O3/c1-14(2)9-17(11-22)27-21(31)25-13-18(10-16-7-5-4-6-8-16)28-20(30)24-12-15(3)26-19(23)29/h4-8,14-15,17-18H,9-13,22H2,1-3H3,(H3,23,26,29)(H2,24,28,30)(H2,25,27,31)/t15-,17-,18?/m0/s1. The number of primary amides is 1. The van der Waals surface area contributed by atoms with Crippen LogP contribution in [0.2, 0.25) is 0 Å². The first-order valence-corrected chi connectivity index (χ1v) is 10.6. The molecule has 0 fully saturated rings. The van der Waals surface area contributed by atoms with Gasteiger partial charge in [-0.2, -0.15) is 0 Å². The third kappa shape index (κ3) is 12.3. The van der Waals surface area contributed by atoms with E-state index in [1.165, 1.54) is 0 Å². The molecular formula is C21H37N7O3. The normalized spacial score (nSPS) is 13.6. The highest BCUT2D eigenvalue weighted by Crippen LogP contribution is 2.04. The molecule has 0 aliphatic heterocycles. The molecule has 0 spiro atoms. The first-order chi connectivity index (χ1) is 14.7. The first-order valence-electron chi connectivity index (χ1n) is 10.6. The van der Waals surface area contributed by atoms with Crippen molar-refractivity contribution in [2.45, 2.75) is 51.7 Å². The van der Waals surface area contributed by atoms with Crippen LogP contribution in [0, 0.1) is 5.92 Å². The summed E-state index contributed by atoms with van der Waals surface area (Å²) in [6.07, 6.45) is 1.32. The van der Waals surface area contributed by atoms with Crippen molar-refractivity contribution < 1.29 is 14.4 Å². The van der Waals surface area contributed by atoms with E-state index >= 15 is 0 Å².